The minimum Gasteiger partial charge on any atom is -0.338 e. The highest BCUT2D eigenvalue weighted by atomic mass is 19.1. The summed E-state index contributed by atoms with van der Waals surface area (Å²) in [6.07, 6.45) is 0. The number of amides is 3. The molecule has 0 aliphatic carbocycles. The highest BCUT2D eigenvalue weighted by molar-refractivity contribution is 6.23. The highest BCUT2D eigenvalue weighted by Gasteiger charge is 2.40. The van der Waals surface area contributed by atoms with E-state index in [1.165, 1.54) is 19.1 Å². The molecule has 1 aliphatic rings. The molecule has 2 heterocycles. The van der Waals surface area contributed by atoms with Gasteiger partial charge in [0.15, 0.2) is 0 Å². The monoisotopic (exact) mass is 428 g/mol. The molecule has 1 aromatic heterocycles. The van der Waals surface area contributed by atoms with Crippen molar-refractivity contribution in [2.45, 2.75) is 13.0 Å². The SMILES string of the molecule is CC(C(=O)Nc1ccc2nc(-c3cccc(F)c3)[nH]c2c1)N1C(=O)c2ccccc2C1=O. The number of benzene rings is 3. The molecule has 0 saturated carbocycles. The average molecular weight is 428 g/mol. The number of rotatable bonds is 4. The summed E-state index contributed by atoms with van der Waals surface area (Å²) in [4.78, 5) is 46.6. The van der Waals surface area contributed by atoms with Crippen LogP contribution in [-0.2, 0) is 4.79 Å². The van der Waals surface area contributed by atoms with Crippen LogP contribution in [0, 0.1) is 5.82 Å². The van der Waals surface area contributed by atoms with Gasteiger partial charge in [-0.1, -0.05) is 24.3 Å². The number of halogens is 1. The third kappa shape index (κ3) is 3.22. The second-order valence-corrected chi connectivity index (χ2v) is 7.52. The fourth-order valence-corrected chi connectivity index (χ4v) is 3.78. The largest absolute Gasteiger partial charge is 0.338 e. The Morgan fingerprint density at radius 3 is 2.41 bits per heavy atom. The van der Waals surface area contributed by atoms with E-state index in [2.05, 4.69) is 15.3 Å². The van der Waals surface area contributed by atoms with Crippen LogP contribution in [0.4, 0.5) is 10.1 Å². The van der Waals surface area contributed by atoms with Crippen molar-refractivity contribution in [2.24, 2.45) is 0 Å². The first kappa shape index (κ1) is 19.6. The van der Waals surface area contributed by atoms with Crippen molar-refractivity contribution in [3.63, 3.8) is 0 Å². The summed E-state index contributed by atoms with van der Waals surface area (Å²) < 4.78 is 13.5. The van der Waals surface area contributed by atoms with Gasteiger partial charge in [-0.15, -0.1) is 0 Å². The molecule has 0 bridgehead atoms. The third-order valence-corrected chi connectivity index (χ3v) is 5.44. The quantitative estimate of drug-likeness (QED) is 0.481. The van der Waals surface area contributed by atoms with Crippen LogP contribution >= 0.6 is 0 Å². The van der Waals surface area contributed by atoms with Crippen molar-refractivity contribution in [1.82, 2.24) is 14.9 Å². The summed E-state index contributed by atoms with van der Waals surface area (Å²) in [5, 5.41) is 2.74. The Hall–Kier alpha value is -4.33. The summed E-state index contributed by atoms with van der Waals surface area (Å²) in [5.41, 5.74) is 2.96. The summed E-state index contributed by atoms with van der Waals surface area (Å²) in [5.74, 6) is -1.34. The smallest absolute Gasteiger partial charge is 0.262 e. The van der Waals surface area contributed by atoms with E-state index in [1.807, 2.05) is 0 Å². The van der Waals surface area contributed by atoms with Crippen LogP contribution in [0.2, 0.25) is 0 Å². The van der Waals surface area contributed by atoms with Gasteiger partial charge in [0.05, 0.1) is 22.2 Å². The first-order chi connectivity index (χ1) is 15.4. The van der Waals surface area contributed by atoms with Crippen LogP contribution in [0.3, 0.4) is 0 Å². The van der Waals surface area contributed by atoms with Crippen LogP contribution in [-0.4, -0.2) is 38.6 Å². The topological polar surface area (TPSA) is 95.2 Å². The zero-order valence-corrected chi connectivity index (χ0v) is 16.9. The molecule has 0 spiro atoms. The summed E-state index contributed by atoms with van der Waals surface area (Å²) >= 11 is 0. The van der Waals surface area contributed by atoms with Gasteiger partial charge in [0, 0.05) is 11.3 Å². The molecule has 1 unspecified atom stereocenters. The van der Waals surface area contributed by atoms with Crippen molar-refractivity contribution in [2.75, 3.05) is 5.32 Å². The average Bonchev–Trinajstić information content (AvgIpc) is 3.32. The Labute approximate surface area is 181 Å². The Bertz CT molecular complexity index is 1380. The van der Waals surface area contributed by atoms with E-state index in [4.69, 9.17) is 0 Å². The second kappa shape index (κ2) is 7.42. The fraction of sp³-hybridized carbons (Fsp3) is 0.0833. The minimum atomic E-state index is -0.997. The van der Waals surface area contributed by atoms with Crippen molar-refractivity contribution in [3.05, 3.63) is 83.7 Å². The molecule has 0 radical (unpaired) electrons. The van der Waals surface area contributed by atoms with Crippen molar-refractivity contribution in [1.29, 1.82) is 0 Å². The molecule has 7 nitrogen and oxygen atoms in total. The van der Waals surface area contributed by atoms with E-state index < -0.39 is 23.8 Å². The maximum Gasteiger partial charge on any atom is 0.262 e. The number of fused-ring (bicyclic) bond motifs is 2. The second-order valence-electron chi connectivity index (χ2n) is 7.52. The molecule has 158 valence electrons. The van der Waals surface area contributed by atoms with Gasteiger partial charge in [0.25, 0.3) is 11.8 Å². The summed E-state index contributed by atoms with van der Waals surface area (Å²) in [7, 11) is 0. The number of carbonyl (C=O) groups excluding carboxylic acids is 3. The molecule has 3 aromatic carbocycles. The Morgan fingerprint density at radius 1 is 1.00 bits per heavy atom. The molecule has 3 amide bonds. The first-order valence-corrected chi connectivity index (χ1v) is 9.96. The standard InChI is InChI=1S/C24H17FN4O3/c1-13(29-23(31)17-7-2-3-8-18(17)24(29)32)22(30)26-16-9-10-19-20(12-16)28-21(27-19)14-5-4-6-15(25)11-14/h2-13H,1H3,(H,26,30)(H,27,28). The van der Waals surface area contributed by atoms with Gasteiger partial charge < -0.3 is 10.3 Å². The number of aromatic nitrogens is 2. The van der Waals surface area contributed by atoms with E-state index in [1.54, 1.807) is 54.6 Å². The van der Waals surface area contributed by atoms with Crippen LogP contribution in [0.15, 0.2) is 66.7 Å². The van der Waals surface area contributed by atoms with Gasteiger partial charge in [0.2, 0.25) is 5.91 Å². The summed E-state index contributed by atoms with van der Waals surface area (Å²) in [6.45, 7) is 1.51. The maximum atomic E-state index is 13.5. The summed E-state index contributed by atoms with van der Waals surface area (Å²) in [6, 6.07) is 16.7. The fourth-order valence-electron chi connectivity index (χ4n) is 3.78. The molecule has 1 atom stereocenters. The molecule has 8 heteroatoms. The molecule has 2 N–H and O–H groups in total. The van der Waals surface area contributed by atoms with Crippen molar-refractivity contribution < 1.29 is 18.8 Å². The van der Waals surface area contributed by atoms with Crippen molar-refractivity contribution in [3.8, 4) is 11.4 Å². The van der Waals surface area contributed by atoms with E-state index in [9.17, 15) is 18.8 Å². The predicted molar refractivity (Wildman–Crippen MR) is 117 cm³/mol. The maximum absolute atomic E-state index is 13.5. The first-order valence-electron chi connectivity index (χ1n) is 9.96. The lowest BCUT2D eigenvalue weighted by molar-refractivity contribution is -0.119. The number of hydrogen-bond donors (Lipinski definition) is 2. The lowest BCUT2D eigenvalue weighted by Crippen LogP contribution is -2.45. The number of imide groups is 1. The Kier molecular flexibility index (Phi) is 4.55. The number of aromatic amines is 1. The lowest BCUT2D eigenvalue weighted by atomic mass is 10.1. The lowest BCUT2D eigenvalue weighted by Gasteiger charge is -2.21. The van der Waals surface area contributed by atoms with Crippen LogP contribution in [0.1, 0.15) is 27.6 Å². The zero-order chi connectivity index (χ0) is 22.4. The molecule has 4 aromatic rings. The number of H-pyrrole nitrogens is 1. The van der Waals surface area contributed by atoms with Gasteiger partial charge in [-0.2, -0.15) is 0 Å². The number of anilines is 1. The van der Waals surface area contributed by atoms with Crippen LogP contribution < -0.4 is 5.32 Å². The zero-order valence-electron chi connectivity index (χ0n) is 16.9. The minimum absolute atomic E-state index is 0.293. The van der Waals surface area contributed by atoms with E-state index in [0.717, 1.165) is 4.90 Å². The number of hydrogen-bond acceptors (Lipinski definition) is 4. The molecule has 32 heavy (non-hydrogen) atoms. The van der Waals surface area contributed by atoms with Crippen LogP contribution in [0.5, 0.6) is 0 Å². The normalized spacial score (nSPS) is 14.0. The third-order valence-electron chi connectivity index (χ3n) is 5.44. The van der Waals surface area contributed by atoms with E-state index in [0.29, 0.717) is 39.2 Å². The predicted octanol–water partition coefficient (Wildman–Crippen LogP) is 3.99. The van der Waals surface area contributed by atoms with Gasteiger partial charge in [-0.3, -0.25) is 19.3 Å². The van der Waals surface area contributed by atoms with Gasteiger partial charge in [0.1, 0.15) is 17.7 Å². The molecule has 5 rings (SSSR count). The van der Waals surface area contributed by atoms with E-state index in [-0.39, 0.29) is 5.82 Å². The number of nitrogens with zero attached hydrogens (tertiary/aromatic N) is 2. The molecular weight excluding hydrogens is 411 g/mol. The Morgan fingerprint density at radius 2 is 1.72 bits per heavy atom. The van der Waals surface area contributed by atoms with Crippen molar-refractivity contribution >= 4 is 34.4 Å². The van der Waals surface area contributed by atoms with Gasteiger partial charge in [-0.05, 0) is 49.4 Å². The molecule has 1 aliphatic heterocycles. The highest BCUT2D eigenvalue weighted by Crippen LogP contribution is 2.26. The molecule has 0 saturated heterocycles. The molecular formula is C24H17FN4O3. The number of imidazole rings is 1. The number of nitrogens with one attached hydrogen (secondary N) is 2. The van der Waals surface area contributed by atoms with Gasteiger partial charge in [-0.25, -0.2) is 9.37 Å². The number of carbonyl (C=O) groups is 3. The molecule has 0 fully saturated rings. The van der Waals surface area contributed by atoms with E-state index >= 15 is 0 Å². The van der Waals surface area contributed by atoms with Gasteiger partial charge >= 0.3 is 0 Å². The Balaban J connectivity index is 1.37. The van der Waals surface area contributed by atoms with Crippen LogP contribution in [0.25, 0.3) is 22.4 Å².